The number of hydrogen-bond acceptors (Lipinski definition) is 6. The van der Waals surface area contributed by atoms with Crippen LogP contribution in [0.2, 0.25) is 0 Å². The topological polar surface area (TPSA) is 78.9 Å². The third-order valence-electron chi connectivity index (χ3n) is 10.6. The molecule has 6 nitrogen and oxygen atoms in total. The van der Waals surface area contributed by atoms with E-state index < -0.39 is 5.60 Å². The van der Waals surface area contributed by atoms with Crippen molar-refractivity contribution in [3.63, 3.8) is 0 Å². The number of ether oxygens (including phenoxy) is 3. The van der Waals surface area contributed by atoms with Gasteiger partial charge in [0.2, 0.25) is 0 Å². The van der Waals surface area contributed by atoms with Gasteiger partial charge in [-0.2, -0.15) is 0 Å². The van der Waals surface area contributed by atoms with E-state index in [0.717, 1.165) is 38.5 Å². The molecular formula is C28H34O6. The highest BCUT2D eigenvalue weighted by Gasteiger charge is 2.80. The molecule has 1 aromatic rings. The van der Waals surface area contributed by atoms with Crippen molar-refractivity contribution in [2.24, 2.45) is 34.5 Å². The van der Waals surface area contributed by atoms with Crippen molar-refractivity contribution in [2.45, 2.75) is 83.5 Å². The standard InChI is InChI=1S/C28H34O6/c1-16(29)32-18-11-14-27(3)20-12-13-26(2)19(22(20)23-25(31)34-28(23,27)15-18)9-10-21(26)33-24(30)17-7-5-4-6-8-17/h4-8,18-23H,9-15H2,1-3H3/t18-,19-,20-,21+,22+,23+,26-,27+,28-/m1/s1. The second kappa shape index (κ2) is 7.32. The minimum Gasteiger partial charge on any atom is -0.462 e. The van der Waals surface area contributed by atoms with Crippen molar-refractivity contribution < 1.29 is 28.6 Å². The summed E-state index contributed by atoms with van der Waals surface area (Å²) in [6.07, 6.45) is 5.83. The maximum atomic E-state index is 13.0. The quantitative estimate of drug-likeness (QED) is 0.475. The lowest BCUT2D eigenvalue weighted by atomic mass is 9.55. The summed E-state index contributed by atoms with van der Waals surface area (Å²) in [6.45, 7) is 6.03. The Morgan fingerprint density at radius 2 is 1.74 bits per heavy atom. The number of hydrogen-bond donors (Lipinski definition) is 0. The summed E-state index contributed by atoms with van der Waals surface area (Å²) in [7, 11) is 0. The Bertz CT molecular complexity index is 1040. The highest BCUT2D eigenvalue weighted by molar-refractivity contribution is 5.89. The summed E-state index contributed by atoms with van der Waals surface area (Å²) in [5.74, 6) is 0.208. The van der Waals surface area contributed by atoms with E-state index in [-0.39, 0.29) is 52.8 Å². The molecule has 1 spiro atoms. The summed E-state index contributed by atoms with van der Waals surface area (Å²) in [4.78, 5) is 37.5. The SMILES string of the molecule is CC(=O)O[C@@H]1CC[C@@]2(C)[C@@H]3CC[C@@]4(C)[C@@H](OC(=O)c5ccccc5)CC[C@@H]4[C@@H]3[C@H]3C(=O)O[C@]32C1. The minimum absolute atomic E-state index is 0.0869. The molecular weight excluding hydrogens is 432 g/mol. The molecule has 0 N–H and O–H groups in total. The first kappa shape index (κ1) is 22.1. The lowest BCUT2D eigenvalue weighted by molar-refractivity contribution is -0.251. The van der Waals surface area contributed by atoms with Crippen LogP contribution in [0.25, 0.3) is 0 Å². The Morgan fingerprint density at radius 1 is 0.971 bits per heavy atom. The smallest absolute Gasteiger partial charge is 0.338 e. The molecule has 1 saturated heterocycles. The number of benzene rings is 1. The highest BCUT2D eigenvalue weighted by Crippen LogP contribution is 2.76. The molecule has 6 heteroatoms. The van der Waals surface area contributed by atoms with Crippen molar-refractivity contribution in [2.75, 3.05) is 0 Å². The van der Waals surface area contributed by atoms with Crippen molar-refractivity contribution in [1.29, 1.82) is 0 Å². The van der Waals surface area contributed by atoms with Gasteiger partial charge in [0.25, 0.3) is 0 Å². The van der Waals surface area contributed by atoms with E-state index in [4.69, 9.17) is 14.2 Å². The van der Waals surface area contributed by atoms with E-state index in [0.29, 0.717) is 23.8 Å². The van der Waals surface area contributed by atoms with Gasteiger partial charge in [0.1, 0.15) is 23.7 Å². The third kappa shape index (κ3) is 2.77. The second-order valence-corrected chi connectivity index (χ2v) is 11.9. The first-order valence-corrected chi connectivity index (χ1v) is 12.9. The van der Waals surface area contributed by atoms with E-state index in [1.54, 1.807) is 12.1 Å². The molecule has 1 heterocycles. The van der Waals surface area contributed by atoms with Gasteiger partial charge in [-0.3, -0.25) is 9.59 Å². The van der Waals surface area contributed by atoms with Crippen LogP contribution in [0, 0.1) is 34.5 Å². The van der Waals surface area contributed by atoms with Crippen LogP contribution in [0.5, 0.6) is 0 Å². The second-order valence-electron chi connectivity index (χ2n) is 11.9. The van der Waals surface area contributed by atoms with Crippen molar-refractivity contribution in [3.05, 3.63) is 35.9 Å². The Morgan fingerprint density at radius 3 is 2.44 bits per heavy atom. The molecule has 34 heavy (non-hydrogen) atoms. The monoisotopic (exact) mass is 466 g/mol. The Kier molecular flexibility index (Phi) is 4.76. The van der Waals surface area contributed by atoms with Gasteiger partial charge in [-0.05, 0) is 68.4 Å². The van der Waals surface area contributed by atoms with E-state index >= 15 is 0 Å². The molecule has 0 radical (unpaired) electrons. The summed E-state index contributed by atoms with van der Waals surface area (Å²) >= 11 is 0. The molecule has 4 saturated carbocycles. The van der Waals surface area contributed by atoms with E-state index in [1.165, 1.54) is 6.92 Å². The van der Waals surface area contributed by atoms with E-state index in [2.05, 4.69) is 13.8 Å². The molecule has 0 aromatic heterocycles. The van der Waals surface area contributed by atoms with Gasteiger partial charge >= 0.3 is 17.9 Å². The fourth-order valence-corrected chi connectivity index (χ4v) is 9.05. The van der Waals surface area contributed by atoms with Crippen molar-refractivity contribution in [1.82, 2.24) is 0 Å². The summed E-state index contributed by atoms with van der Waals surface area (Å²) in [6, 6.07) is 9.19. The first-order valence-electron chi connectivity index (χ1n) is 12.9. The number of carbonyl (C=O) groups is 3. The number of esters is 3. The average Bonchev–Trinajstić information content (AvgIpc) is 3.20. The molecule has 5 aliphatic rings. The van der Waals surface area contributed by atoms with Crippen molar-refractivity contribution >= 4 is 17.9 Å². The normalized spacial score (nSPS) is 46.1. The third-order valence-corrected chi connectivity index (χ3v) is 10.6. The fourth-order valence-electron chi connectivity index (χ4n) is 9.05. The van der Waals surface area contributed by atoms with Crippen molar-refractivity contribution in [3.8, 4) is 0 Å². The van der Waals surface area contributed by atoms with Crippen LogP contribution in [-0.4, -0.2) is 35.7 Å². The average molecular weight is 467 g/mol. The maximum absolute atomic E-state index is 13.0. The predicted molar refractivity (Wildman–Crippen MR) is 123 cm³/mol. The molecule has 4 aliphatic carbocycles. The molecule has 1 aromatic carbocycles. The van der Waals surface area contributed by atoms with Gasteiger partial charge in [0.15, 0.2) is 0 Å². The van der Waals surface area contributed by atoms with Gasteiger partial charge < -0.3 is 14.2 Å². The molecule has 0 unspecified atom stereocenters. The van der Waals surface area contributed by atoms with E-state index in [1.807, 2.05) is 18.2 Å². The molecule has 6 rings (SSSR count). The van der Waals surface area contributed by atoms with Gasteiger partial charge in [-0.25, -0.2) is 4.79 Å². The van der Waals surface area contributed by atoms with Crippen LogP contribution in [0.3, 0.4) is 0 Å². The molecule has 5 fully saturated rings. The largest absolute Gasteiger partial charge is 0.462 e. The first-order chi connectivity index (χ1) is 16.2. The minimum atomic E-state index is -0.526. The maximum Gasteiger partial charge on any atom is 0.338 e. The zero-order valence-electron chi connectivity index (χ0n) is 20.3. The fraction of sp³-hybridized carbons (Fsp3) is 0.679. The molecule has 1 aliphatic heterocycles. The van der Waals surface area contributed by atoms with Crippen LogP contribution in [0.1, 0.15) is 76.1 Å². The van der Waals surface area contributed by atoms with Crippen LogP contribution in [-0.2, 0) is 23.8 Å². The molecule has 0 amide bonds. The molecule has 9 atom stereocenters. The summed E-state index contributed by atoms with van der Waals surface area (Å²) in [5.41, 5.74) is -0.169. The van der Waals surface area contributed by atoms with Crippen LogP contribution in [0.4, 0.5) is 0 Å². The van der Waals surface area contributed by atoms with Crippen LogP contribution >= 0.6 is 0 Å². The van der Waals surface area contributed by atoms with Crippen LogP contribution in [0.15, 0.2) is 30.3 Å². The zero-order chi connectivity index (χ0) is 23.9. The van der Waals surface area contributed by atoms with Crippen LogP contribution < -0.4 is 0 Å². The molecule has 182 valence electrons. The Hall–Kier alpha value is -2.37. The highest BCUT2D eigenvalue weighted by atomic mass is 16.6. The molecule has 0 bridgehead atoms. The zero-order valence-corrected chi connectivity index (χ0v) is 20.3. The number of carbonyl (C=O) groups excluding carboxylic acids is 3. The summed E-state index contributed by atoms with van der Waals surface area (Å²) in [5, 5.41) is 0. The van der Waals surface area contributed by atoms with Gasteiger partial charge in [-0.1, -0.05) is 32.0 Å². The van der Waals surface area contributed by atoms with Gasteiger partial charge in [0.05, 0.1) is 5.56 Å². The lowest BCUT2D eigenvalue weighted by Gasteiger charge is -2.57. The van der Waals surface area contributed by atoms with Gasteiger partial charge in [-0.15, -0.1) is 0 Å². The van der Waals surface area contributed by atoms with E-state index in [9.17, 15) is 14.4 Å². The summed E-state index contributed by atoms with van der Waals surface area (Å²) < 4.78 is 17.8. The predicted octanol–water partition coefficient (Wildman–Crippen LogP) is 4.70. The van der Waals surface area contributed by atoms with Gasteiger partial charge in [0, 0.05) is 24.2 Å². The number of fused-ring (bicyclic) bond motifs is 5. The number of rotatable bonds is 3. The Labute approximate surface area is 200 Å². The Balaban J connectivity index is 1.28. The lowest BCUT2D eigenvalue weighted by Crippen LogP contribution is -2.66.